The molecule has 0 saturated carbocycles. The molecule has 1 saturated heterocycles. The average molecular weight is 403 g/mol. The Bertz CT molecular complexity index is 956. The van der Waals surface area contributed by atoms with Crippen LogP contribution in [-0.4, -0.2) is 30.6 Å². The fourth-order valence-corrected chi connectivity index (χ4v) is 4.71. The number of nitrogens with zero attached hydrogens (tertiary/aromatic N) is 2. The first-order valence-electron chi connectivity index (χ1n) is 10.8. The van der Waals surface area contributed by atoms with E-state index in [1.54, 1.807) is 12.1 Å². The van der Waals surface area contributed by atoms with Gasteiger partial charge in [0.25, 0.3) is 0 Å². The van der Waals surface area contributed by atoms with Crippen LogP contribution < -0.4 is 9.64 Å². The molecule has 3 nitrogen and oxygen atoms in total. The Morgan fingerprint density at radius 3 is 2.53 bits per heavy atom. The summed E-state index contributed by atoms with van der Waals surface area (Å²) in [5, 5.41) is 0. The van der Waals surface area contributed by atoms with Crippen LogP contribution in [0, 0.1) is 5.82 Å². The number of hydrogen-bond donors (Lipinski definition) is 0. The van der Waals surface area contributed by atoms with Crippen molar-refractivity contribution in [2.45, 2.75) is 31.9 Å². The van der Waals surface area contributed by atoms with Crippen LogP contribution in [0.1, 0.15) is 24.0 Å². The molecule has 0 aliphatic carbocycles. The fraction of sp³-hybridized carbons (Fsp3) is 0.308. The number of likely N-dealkylation sites (tertiary alicyclic amines) is 1. The predicted molar refractivity (Wildman–Crippen MR) is 119 cm³/mol. The molecule has 2 aliphatic rings. The summed E-state index contributed by atoms with van der Waals surface area (Å²) in [6.45, 7) is 3.67. The van der Waals surface area contributed by atoms with Crippen molar-refractivity contribution in [1.29, 1.82) is 0 Å². The summed E-state index contributed by atoms with van der Waals surface area (Å²) in [5.74, 6) is 0.781. The summed E-state index contributed by atoms with van der Waals surface area (Å²) in [6, 6.07) is 24.3. The zero-order valence-corrected chi connectivity index (χ0v) is 17.1. The number of rotatable bonds is 5. The molecular formula is C26H27FN2O. The Balaban J connectivity index is 1.37. The Hall–Kier alpha value is -2.85. The molecule has 0 spiro atoms. The largest absolute Gasteiger partial charge is 0.487 e. The van der Waals surface area contributed by atoms with Gasteiger partial charge in [0.1, 0.15) is 18.2 Å². The summed E-state index contributed by atoms with van der Waals surface area (Å²) in [6.07, 6.45) is 3.37. The predicted octanol–water partition coefficient (Wildman–Crippen LogP) is 5.56. The third-order valence-electron chi connectivity index (χ3n) is 6.31. The highest BCUT2D eigenvalue weighted by atomic mass is 19.1. The van der Waals surface area contributed by atoms with E-state index in [9.17, 15) is 4.39 Å². The molecule has 2 aliphatic heterocycles. The lowest BCUT2D eigenvalue weighted by atomic mass is 10.1. The van der Waals surface area contributed by atoms with E-state index >= 15 is 0 Å². The van der Waals surface area contributed by atoms with Gasteiger partial charge in [0.05, 0.1) is 5.69 Å². The Kier molecular flexibility index (Phi) is 5.41. The van der Waals surface area contributed by atoms with E-state index in [1.165, 1.54) is 29.7 Å². The summed E-state index contributed by atoms with van der Waals surface area (Å²) in [7, 11) is 0. The van der Waals surface area contributed by atoms with E-state index in [4.69, 9.17) is 4.74 Å². The van der Waals surface area contributed by atoms with E-state index in [0.717, 1.165) is 37.5 Å². The number of ether oxygens (including phenoxy) is 1. The number of anilines is 2. The van der Waals surface area contributed by atoms with Gasteiger partial charge in [0, 0.05) is 30.4 Å². The molecule has 154 valence electrons. The molecule has 0 N–H and O–H groups in total. The SMILES string of the molecule is Fc1ccc(CCN2CCC[C@@H]2CN2c3ccccc3COc3ccccc32)cc1. The topological polar surface area (TPSA) is 15.7 Å². The van der Waals surface area contributed by atoms with Crippen molar-refractivity contribution < 1.29 is 9.13 Å². The van der Waals surface area contributed by atoms with Crippen molar-refractivity contribution in [3.05, 3.63) is 89.7 Å². The molecule has 5 rings (SSSR count). The van der Waals surface area contributed by atoms with E-state index in [2.05, 4.69) is 52.3 Å². The molecule has 3 aromatic carbocycles. The van der Waals surface area contributed by atoms with Crippen molar-refractivity contribution in [3.8, 4) is 5.75 Å². The molecule has 0 unspecified atom stereocenters. The smallest absolute Gasteiger partial charge is 0.143 e. The highest BCUT2D eigenvalue weighted by Gasteiger charge is 2.29. The van der Waals surface area contributed by atoms with E-state index in [-0.39, 0.29) is 5.82 Å². The van der Waals surface area contributed by atoms with Crippen LogP contribution in [0.2, 0.25) is 0 Å². The van der Waals surface area contributed by atoms with E-state index in [1.807, 2.05) is 18.2 Å². The summed E-state index contributed by atoms with van der Waals surface area (Å²) < 4.78 is 19.3. The number of benzene rings is 3. The third kappa shape index (κ3) is 3.92. The van der Waals surface area contributed by atoms with Crippen molar-refractivity contribution in [2.75, 3.05) is 24.5 Å². The molecule has 2 heterocycles. The first-order valence-corrected chi connectivity index (χ1v) is 10.8. The van der Waals surface area contributed by atoms with Gasteiger partial charge in [0.2, 0.25) is 0 Å². The van der Waals surface area contributed by atoms with Gasteiger partial charge >= 0.3 is 0 Å². The van der Waals surface area contributed by atoms with Crippen molar-refractivity contribution >= 4 is 11.4 Å². The van der Waals surface area contributed by atoms with Gasteiger partial charge in [-0.15, -0.1) is 0 Å². The highest BCUT2D eigenvalue weighted by Crippen LogP contribution is 2.40. The van der Waals surface area contributed by atoms with Gasteiger partial charge in [-0.1, -0.05) is 42.5 Å². The normalized spacial score (nSPS) is 18.4. The van der Waals surface area contributed by atoms with E-state index in [0.29, 0.717) is 12.6 Å². The second-order valence-corrected chi connectivity index (χ2v) is 8.20. The minimum absolute atomic E-state index is 0.168. The summed E-state index contributed by atoms with van der Waals surface area (Å²) in [4.78, 5) is 5.04. The van der Waals surface area contributed by atoms with E-state index < -0.39 is 0 Å². The van der Waals surface area contributed by atoms with Crippen molar-refractivity contribution in [1.82, 2.24) is 4.90 Å². The van der Waals surface area contributed by atoms with Crippen LogP contribution in [0.25, 0.3) is 0 Å². The van der Waals surface area contributed by atoms with Crippen LogP contribution in [-0.2, 0) is 13.0 Å². The minimum atomic E-state index is -0.168. The lowest BCUT2D eigenvalue weighted by Crippen LogP contribution is -2.39. The zero-order valence-electron chi connectivity index (χ0n) is 17.1. The van der Waals surface area contributed by atoms with Crippen LogP contribution >= 0.6 is 0 Å². The Morgan fingerprint density at radius 1 is 0.900 bits per heavy atom. The maximum absolute atomic E-state index is 13.2. The van der Waals surface area contributed by atoms with Gasteiger partial charge < -0.3 is 9.64 Å². The van der Waals surface area contributed by atoms with Crippen LogP contribution in [0.15, 0.2) is 72.8 Å². The van der Waals surface area contributed by atoms with Crippen LogP contribution in [0.3, 0.4) is 0 Å². The number of fused-ring (bicyclic) bond motifs is 2. The van der Waals surface area contributed by atoms with Crippen LogP contribution in [0.4, 0.5) is 15.8 Å². The molecule has 0 radical (unpaired) electrons. The molecule has 0 amide bonds. The molecule has 4 heteroatoms. The third-order valence-corrected chi connectivity index (χ3v) is 6.31. The number of hydrogen-bond acceptors (Lipinski definition) is 3. The van der Waals surface area contributed by atoms with Crippen molar-refractivity contribution in [3.63, 3.8) is 0 Å². The quantitative estimate of drug-likeness (QED) is 0.555. The summed E-state index contributed by atoms with van der Waals surface area (Å²) >= 11 is 0. The average Bonchev–Trinajstić information content (AvgIpc) is 3.16. The van der Waals surface area contributed by atoms with Gasteiger partial charge in [-0.25, -0.2) is 4.39 Å². The molecule has 0 aromatic heterocycles. The van der Waals surface area contributed by atoms with Gasteiger partial charge in [0.15, 0.2) is 0 Å². The first-order chi connectivity index (χ1) is 14.8. The molecule has 30 heavy (non-hydrogen) atoms. The second kappa shape index (κ2) is 8.49. The lowest BCUT2D eigenvalue weighted by Gasteiger charge is -2.32. The molecule has 1 atom stereocenters. The highest BCUT2D eigenvalue weighted by molar-refractivity contribution is 5.72. The van der Waals surface area contributed by atoms with Crippen LogP contribution in [0.5, 0.6) is 5.75 Å². The number of para-hydroxylation sites is 3. The van der Waals surface area contributed by atoms with Gasteiger partial charge in [-0.05, 0) is 61.7 Å². The molecular weight excluding hydrogens is 375 g/mol. The standard InChI is InChI=1S/C26H27FN2O/c27-22-13-11-20(12-14-22)15-17-28-16-5-7-23(28)18-29-24-8-2-1-6-21(24)19-30-26-10-4-3-9-25(26)29/h1-4,6,8-14,23H,5,7,15-19H2/t23-/m1/s1. The lowest BCUT2D eigenvalue weighted by molar-refractivity contribution is 0.261. The van der Waals surface area contributed by atoms with Gasteiger partial charge in [-0.3, -0.25) is 4.90 Å². The molecule has 3 aromatic rings. The first kappa shape index (κ1) is 19.1. The van der Waals surface area contributed by atoms with Gasteiger partial charge in [-0.2, -0.15) is 0 Å². The fourth-order valence-electron chi connectivity index (χ4n) is 4.71. The number of halogens is 1. The second-order valence-electron chi connectivity index (χ2n) is 8.20. The minimum Gasteiger partial charge on any atom is -0.487 e. The maximum Gasteiger partial charge on any atom is 0.143 e. The Labute approximate surface area is 177 Å². The zero-order chi connectivity index (χ0) is 20.3. The molecule has 1 fully saturated rings. The summed E-state index contributed by atoms with van der Waals surface area (Å²) in [5.41, 5.74) is 4.81. The monoisotopic (exact) mass is 402 g/mol. The van der Waals surface area contributed by atoms with Crippen molar-refractivity contribution in [2.24, 2.45) is 0 Å². The molecule has 0 bridgehead atoms. The maximum atomic E-state index is 13.2. The Morgan fingerprint density at radius 2 is 1.67 bits per heavy atom.